The van der Waals surface area contributed by atoms with Crippen LogP contribution in [0.1, 0.15) is 23.2 Å². The first-order valence-electron chi connectivity index (χ1n) is 6.20. The molecular weight excluding hydrogens is 247 g/mol. The van der Waals surface area contributed by atoms with E-state index < -0.39 is 5.82 Å². The van der Waals surface area contributed by atoms with Gasteiger partial charge in [0.1, 0.15) is 5.82 Å². The maximum absolute atomic E-state index is 14.0. The number of nitrogens with zero attached hydrogens (tertiary/aromatic N) is 3. The standard InChI is InChI=1S/C13H13FN4O/c14-9-3-1-5-11(18-16-7-8-17-18)12(9)13(19)10-4-2-6-15-10/h1,3,5,7-8,10,15H,2,4,6H2. The Labute approximate surface area is 109 Å². The van der Waals surface area contributed by atoms with Gasteiger partial charge < -0.3 is 5.32 Å². The van der Waals surface area contributed by atoms with Crippen LogP contribution in [0.2, 0.25) is 0 Å². The third-order valence-corrected chi connectivity index (χ3v) is 3.25. The summed E-state index contributed by atoms with van der Waals surface area (Å²) in [6, 6.07) is 4.17. The van der Waals surface area contributed by atoms with Gasteiger partial charge in [0.05, 0.1) is 29.7 Å². The molecule has 2 heterocycles. The Balaban J connectivity index is 2.06. The minimum absolute atomic E-state index is 0.0538. The van der Waals surface area contributed by atoms with Gasteiger partial charge in [0.15, 0.2) is 5.78 Å². The van der Waals surface area contributed by atoms with Gasteiger partial charge in [0.25, 0.3) is 0 Å². The number of halogens is 1. The van der Waals surface area contributed by atoms with Crippen molar-refractivity contribution in [2.45, 2.75) is 18.9 Å². The van der Waals surface area contributed by atoms with E-state index in [4.69, 9.17) is 0 Å². The highest BCUT2D eigenvalue weighted by Gasteiger charge is 2.28. The minimum Gasteiger partial charge on any atom is -0.307 e. The monoisotopic (exact) mass is 260 g/mol. The highest BCUT2D eigenvalue weighted by Crippen LogP contribution is 2.21. The van der Waals surface area contributed by atoms with Crippen LogP contribution in [0.15, 0.2) is 30.6 Å². The Morgan fingerprint density at radius 1 is 1.37 bits per heavy atom. The van der Waals surface area contributed by atoms with Crippen LogP contribution in [-0.2, 0) is 0 Å². The Hall–Kier alpha value is -2.08. The first-order chi connectivity index (χ1) is 9.27. The fourth-order valence-electron chi connectivity index (χ4n) is 2.35. The molecule has 3 rings (SSSR count). The molecule has 19 heavy (non-hydrogen) atoms. The number of hydrogen-bond acceptors (Lipinski definition) is 4. The summed E-state index contributed by atoms with van der Waals surface area (Å²) in [6.45, 7) is 0.792. The van der Waals surface area contributed by atoms with E-state index in [1.807, 2.05) is 0 Å². The van der Waals surface area contributed by atoms with Gasteiger partial charge in [-0.25, -0.2) is 4.39 Å². The molecule has 1 aromatic heterocycles. The lowest BCUT2D eigenvalue weighted by atomic mass is 10.0. The summed E-state index contributed by atoms with van der Waals surface area (Å²) in [5, 5.41) is 11.0. The summed E-state index contributed by atoms with van der Waals surface area (Å²) in [6.07, 6.45) is 4.65. The molecule has 6 heteroatoms. The molecular formula is C13H13FN4O. The zero-order valence-electron chi connectivity index (χ0n) is 10.2. The van der Waals surface area contributed by atoms with Crippen LogP contribution in [0.5, 0.6) is 0 Å². The average molecular weight is 260 g/mol. The molecule has 0 amide bonds. The van der Waals surface area contributed by atoms with Gasteiger partial charge in [-0.05, 0) is 31.5 Å². The maximum atomic E-state index is 14.0. The second kappa shape index (κ2) is 4.89. The van der Waals surface area contributed by atoms with Crippen molar-refractivity contribution in [3.63, 3.8) is 0 Å². The van der Waals surface area contributed by atoms with E-state index in [-0.39, 0.29) is 17.4 Å². The van der Waals surface area contributed by atoms with Crippen LogP contribution in [0.4, 0.5) is 4.39 Å². The molecule has 1 atom stereocenters. The fraction of sp³-hybridized carbons (Fsp3) is 0.308. The highest BCUT2D eigenvalue weighted by atomic mass is 19.1. The molecule has 2 aromatic rings. The molecule has 5 nitrogen and oxygen atoms in total. The van der Waals surface area contributed by atoms with E-state index in [0.29, 0.717) is 5.69 Å². The summed E-state index contributed by atoms with van der Waals surface area (Å²) in [7, 11) is 0. The van der Waals surface area contributed by atoms with Gasteiger partial charge in [0.2, 0.25) is 0 Å². The van der Waals surface area contributed by atoms with Crippen LogP contribution >= 0.6 is 0 Å². The van der Waals surface area contributed by atoms with Crippen LogP contribution < -0.4 is 5.32 Å². The largest absolute Gasteiger partial charge is 0.307 e. The summed E-state index contributed by atoms with van der Waals surface area (Å²) in [4.78, 5) is 13.7. The summed E-state index contributed by atoms with van der Waals surface area (Å²) >= 11 is 0. The summed E-state index contributed by atoms with van der Waals surface area (Å²) in [5.41, 5.74) is 0.432. The lowest BCUT2D eigenvalue weighted by Gasteiger charge is -2.13. The highest BCUT2D eigenvalue weighted by molar-refractivity contribution is 6.03. The number of benzene rings is 1. The van der Waals surface area contributed by atoms with Gasteiger partial charge in [-0.1, -0.05) is 6.07 Å². The third kappa shape index (κ3) is 2.15. The van der Waals surface area contributed by atoms with Crippen molar-refractivity contribution in [1.29, 1.82) is 0 Å². The molecule has 1 N–H and O–H groups in total. The van der Waals surface area contributed by atoms with Gasteiger partial charge in [0, 0.05) is 0 Å². The molecule has 1 saturated heterocycles. The molecule has 1 aliphatic rings. The summed E-state index contributed by atoms with van der Waals surface area (Å²) in [5.74, 6) is -0.767. The maximum Gasteiger partial charge on any atom is 0.184 e. The number of ketones is 1. The molecule has 1 fully saturated rings. The smallest absolute Gasteiger partial charge is 0.184 e. The number of nitrogens with one attached hydrogen (secondary N) is 1. The lowest BCUT2D eigenvalue weighted by molar-refractivity contribution is 0.0948. The van der Waals surface area contributed by atoms with Crippen LogP contribution in [0.3, 0.4) is 0 Å². The second-order valence-corrected chi connectivity index (χ2v) is 4.47. The van der Waals surface area contributed by atoms with Gasteiger partial charge in [-0.2, -0.15) is 15.0 Å². The lowest BCUT2D eigenvalue weighted by Crippen LogP contribution is -2.32. The zero-order valence-corrected chi connectivity index (χ0v) is 10.2. The van der Waals surface area contributed by atoms with E-state index in [9.17, 15) is 9.18 Å². The predicted octanol–water partition coefficient (Wildman–Crippen LogP) is 1.34. The quantitative estimate of drug-likeness (QED) is 0.846. The molecule has 1 unspecified atom stereocenters. The van der Waals surface area contributed by atoms with Crippen molar-refractivity contribution in [1.82, 2.24) is 20.3 Å². The number of carbonyl (C=O) groups excluding carboxylic acids is 1. The molecule has 1 aliphatic heterocycles. The van der Waals surface area contributed by atoms with Gasteiger partial charge in [-0.3, -0.25) is 4.79 Å². The molecule has 0 aliphatic carbocycles. The molecule has 98 valence electrons. The number of aromatic nitrogens is 3. The van der Waals surface area contributed by atoms with E-state index in [2.05, 4.69) is 15.5 Å². The summed E-state index contributed by atoms with van der Waals surface area (Å²) < 4.78 is 14.0. The van der Waals surface area contributed by atoms with Crippen LogP contribution in [0.25, 0.3) is 5.69 Å². The number of rotatable bonds is 3. The van der Waals surface area contributed by atoms with E-state index >= 15 is 0 Å². The molecule has 0 spiro atoms. The van der Waals surface area contributed by atoms with E-state index in [1.54, 1.807) is 12.1 Å². The van der Waals surface area contributed by atoms with Gasteiger partial charge in [-0.15, -0.1) is 0 Å². The van der Waals surface area contributed by atoms with Crippen molar-refractivity contribution in [2.75, 3.05) is 6.54 Å². The van der Waals surface area contributed by atoms with E-state index in [0.717, 1.165) is 19.4 Å². The van der Waals surface area contributed by atoms with Crippen LogP contribution in [-0.4, -0.2) is 33.4 Å². The first-order valence-corrected chi connectivity index (χ1v) is 6.20. The normalized spacial score (nSPS) is 18.7. The Morgan fingerprint density at radius 3 is 2.84 bits per heavy atom. The molecule has 0 radical (unpaired) electrons. The Bertz CT molecular complexity index is 591. The molecule has 0 bridgehead atoms. The fourth-order valence-corrected chi connectivity index (χ4v) is 2.35. The van der Waals surface area contributed by atoms with Crippen molar-refractivity contribution < 1.29 is 9.18 Å². The molecule has 0 saturated carbocycles. The topological polar surface area (TPSA) is 59.8 Å². The van der Waals surface area contributed by atoms with Crippen molar-refractivity contribution in [2.24, 2.45) is 0 Å². The Kier molecular flexibility index (Phi) is 3.08. The van der Waals surface area contributed by atoms with E-state index in [1.165, 1.54) is 23.3 Å². The Morgan fingerprint density at radius 2 is 2.16 bits per heavy atom. The predicted molar refractivity (Wildman–Crippen MR) is 66.7 cm³/mol. The second-order valence-electron chi connectivity index (χ2n) is 4.47. The third-order valence-electron chi connectivity index (χ3n) is 3.25. The van der Waals surface area contributed by atoms with Crippen molar-refractivity contribution in [3.8, 4) is 5.69 Å². The molecule has 1 aromatic carbocycles. The number of carbonyl (C=O) groups is 1. The minimum atomic E-state index is -0.534. The van der Waals surface area contributed by atoms with Gasteiger partial charge >= 0.3 is 0 Å². The SMILES string of the molecule is O=C(c1c(F)cccc1-n1nccn1)C1CCCN1. The first kappa shape index (κ1) is 12.0. The zero-order chi connectivity index (χ0) is 13.2. The number of hydrogen-bond donors (Lipinski definition) is 1. The number of Topliss-reactive ketones (excluding diaryl/α,β-unsaturated/α-hetero) is 1. The van der Waals surface area contributed by atoms with Crippen LogP contribution in [0, 0.1) is 5.82 Å². The average Bonchev–Trinajstić information content (AvgIpc) is 3.11. The van der Waals surface area contributed by atoms with Crippen molar-refractivity contribution >= 4 is 5.78 Å². The van der Waals surface area contributed by atoms with Crippen molar-refractivity contribution in [3.05, 3.63) is 42.0 Å².